The Morgan fingerprint density at radius 3 is 2.79 bits per heavy atom. The molecule has 0 spiro atoms. The van der Waals surface area contributed by atoms with E-state index in [1.807, 2.05) is 24.3 Å². The van der Waals surface area contributed by atoms with E-state index in [0.29, 0.717) is 30.9 Å². The number of methoxy groups -OCH3 is 1. The summed E-state index contributed by atoms with van der Waals surface area (Å²) in [7, 11) is 1.57. The molecule has 6 nitrogen and oxygen atoms in total. The molecule has 1 saturated carbocycles. The van der Waals surface area contributed by atoms with Gasteiger partial charge in [-0.15, -0.1) is 0 Å². The molecule has 1 aliphatic carbocycles. The molecule has 0 bridgehead atoms. The fraction of sp³-hybridized carbons (Fsp3) is 0.409. The zero-order chi connectivity index (χ0) is 19.5. The maximum Gasteiger partial charge on any atom is 0.258 e. The first-order chi connectivity index (χ1) is 13.6. The first kappa shape index (κ1) is 18.6. The zero-order valence-corrected chi connectivity index (χ0v) is 15.9. The van der Waals surface area contributed by atoms with Crippen LogP contribution in [0.25, 0.3) is 0 Å². The van der Waals surface area contributed by atoms with Gasteiger partial charge in [-0.25, -0.2) is 0 Å². The second-order valence-corrected chi connectivity index (χ2v) is 7.34. The highest BCUT2D eigenvalue weighted by Crippen LogP contribution is 2.39. The largest absolute Gasteiger partial charge is 0.493 e. The number of nitrogens with one attached hydrogen (secondary N) is 1. The van der Waals surface area contributed by atoms with Gasteiger partial charge in [0.2, 0.25) is 0 Å². The van der Waals surface area contributed by atoms with Crippen molar-refractivity contribution in [2.45, 2.75) is 31.4 Å². The van der Waals surface area contributed by atoms with Gasteiger partial charge < -0.3 is 24.6 Å². The summed E-state index contributed by atoms with van der Waals surface area (Å²) >= 11 is 0. The number of para-hydroxylation sites is 2. The van der Waals surface area contributed by atoms with Crippen LogP contribution in [0.2, 0.25) is 0 Å². The molecular formula is C22H25NO5. The Bertz CT molecular complexity index is 847. The molecule has 0 saturated heterocycles. The van der Waals surface area contributed by atoms with Crippen LogP contribution < -0.4 is 19.5 Å². The summed E-state index contributed by atoms with van der Waals surface area (Å²) in [4.78, 5) is 12.6. The maximum atomic E-state index is 12.6. The van der Waals surface area contributed by atoms with Crippen LogP contribution in [0.15, 0.2) is 42.5 Å². The number of carbonyl (C=O) groups excluding carboxylic acids is 1. The zero-order valence-electron chi connectivity index (χ0n) is 15.9. The third kappa shape index (κ3) is 3.92. The summed E-state index contributed by atoms with van der Waals surface area (Å²) in [5.74, 6) is 2.06. The standard InChI is InChI=1S/C22H25NO5/c1-26-19-4-2-3-5-20(19)28-13-21(25)23-22(16-11-17(24)12-16)15-6-7-18-14(10-15)8-9-27-18/h2-7,10,16-17,22,24H,8-9,11-13H2,1H3,(H,23,25)/t16?,17?,22-/m1/s1. The third-order valence-electron chi connectivity index (χ3n) is 5.44. The number of rotatable bonds is 7. The van der Waals surface area contributed by atoms with E-state index in [4.69, 9.17) is 14.2 Å². The summed E-state index contributed by atoms with van der Waals surface area (Å²) in [5.41, 5.74) is 2.22. The van der Waals surface area contributed by atoms with Crippen molar-refractivity contribution in [3.8, 4) is 17.2 Å². The second kappa shape index (κ2) is 8.10. The van der Waals surface area contributed by atoms with E-state index in [9.17, 15) is 9.90 Å². The number of ether oxygens (including phenoxy) is 3. The van der Waals surface area contributed by atoms with Crippen LogP contribution in [-0.4, -0.2) is 37.4 Å². The van der Waals surface area contributed by atoms with Crippen molar-refractivity contribution in [1.29, 1.82) is 0 Å². The number of aliphatic hydroxyl groups excluding tert-OH is 1. The molecule has 2 aromatic rings. The Morgan fingerprint density at radius 2 is 2.04 bits per heavy atom. The lowest BCUT2D eigenvalue weighted by Crippen LogP contribution is -2.42. The quantitative estimate of drug-likeness (QED) is 0.769. The molecule has 1 aliphatic heterocycles. The van der Waals surface area contributed by atoms with Crippen molar-refractivity contribution in [2.24, 2.45) is 5.92 Å². The maximum absolute atomic E-state index is 12.6. The van der Waals surface area contributed by atoms with Crippen LogP contribution in [0.3, 0.4) is 0 Å². The van der Waals surface area contributed by atoms with Gasteiger partial charge in [0, 0.05) is 6.42 Å². The highest BCUT2D eigenvalue weighted by atomic mass is 16.5. The number of fused-ring (bicyclic) bond motifs is 1. The number of amides is 1. The molecule has 148 valence electrons. The van der Waals surface area contributed by atoms with Gasteiger partial charge in [-0.2, -0.15) is 0 Å². The second-order valence-electron chi connectivity index (χ2n) is 7.34. The lowest BCUT2D eigenvalue weighted by molar-refractivity contribution is -0.125. The molecule has 1 heterocycles. The SMILES string of the molecule is COc1ccccc1OCC(=O)N[C@H](c1ccc2c(c1)CCO2)C1CC(O)C1. The van der Waals surface area contributed by atoms with E-state index < -0.39 is 0 Å². The Morgan fingerprint density at radius 1 is 1.25 bits per heavy atom. The van der Waals surface area contributed by atoms with Crippen LogP contribution in [-0.2, 0) is 11.2 Å². The van der Waals surface area contributed by atoms with Crippen molar-refractivity contribution >= 4 is 5.91 Å². The molecule has 2 N–H and O–H groups in total. The van der Waals surface area contributed by atoms with Crippen molar-refractivity contribution in [2.75, 3.05) is 20.3 Å². The highest BCUT2D eigenvalue weighted by Gasteiger charge is 2.36. The predicted molar refractivity (Wildman–Crippen MR) is 104 cm³/mol. The number of aliphatic hydroxyl groups is 1. The summed E-state index contributed by atoms with van der Waals surface area (Å²) in [6.07, 6.45) is 1.97. The third-order valence-corrected chi connectivity index (χ3v) is 5.44. The lowest BCUT2D eigenvalue weighted by atomic mass is 9.75. The van der Waals surface area contributed by atoms with Gasteiger partial charge >= 0.3 is 0 Å². The molecule has 2 aromatic carbocycles. The molecule has 6 heteroatoms. The smallest absolute Gasteiger partial charge is 0.258 e. The Labute approximate surface area is 164 Å². The first-order valence-electron chi connectivity index (χ1n) is 9.63. The number of carbonyl (C=O) groups is 1. The molecular weight excluding hydrogens is 358 g/mol. The minimum atomic E-state index is -0.285. The molecule has 0 radical (unpaired) electrons. The summed E-state index contributed by atoms with van der Waals surface area (Å²) in [5, 5.41) is 12.8. The lowest BCUT2D eigenvalue weighted by Gasteiger charge is -2.38. The van der Waals surface area contributed by atoms with Crippen molar-refractivity contribution < 1.29 is 24.1 Å². The molecule has 0 aromatic heterocycles. The number of hydrogen-bond acceptors (Lipinski definition) is 5. The Kier molecular flexibility index (Phi) is 5.39. The van der Waals surface area contributed by atoms with E-state index in [1.54, 1.807) is 19.2 Å². The Balaban J connectivity index is 1.44. The van der Waals surface area contributed by atoms with E-state index in [2.05, 4.69) is 11.4 Å². The average Bonchev–Trinajstić information content (AvgIpc) is 3.16. The van der Waals surface area contributed by atoms with Crippen LogP contribution >= 0.6 is 0 Å². The first-order valence-corrected chi connectivity index (χ1v) is 9.63. The van der Waals surface area contributed by atoms with Crippen LogP contribution in [0.1, 0.15) is 30.0 Å². The van der Waals surface area contributed by atoms with E-state index in [1.165, 1.54) is 5.56 Å². The van der Waals surface area contributed by atoms with Crippen LogP contribution in [0.4, 0.5) is 0 Å². The highest BCUT2D eigenvalue weighted by molar-refractivity contribution is 5.78. The van der Waals surface area contributed by atoms with Gasteiger partial charge in [0.05, 0.1) is 25.9 Å². The van der Waals surface area contributed by atoms with E-state index in [0.717, 1.165) is 17.7 Å². The summed E-state index contributed by atoms with van der Waals surface area (Å²) < 4.78 is 16.5. The van der Waals surface area contributed by atoms with Gasteiger partial charge in [-0.1, -0.05) is 18.2 Å². The minimum Gasteiger partial charge on any atom is -0.493 e. The normalized spacial score (nSPS) is 21.1. The molecule has 4 rings (SSSR count). The average molecular weight is 383 g/mol. The van der Waals surface area contributed by atoms with Crippen LogP contribution in [0, 0.1) is 5.92 Å². The predicted octanol–water partition coefficient (Wildman–Crippen LogP) is 2.64. The molecule has 1 amide bonds. The van der Waals surface area contributed by atoms with Gasteiger partial charge in [0.15, 0.2) is 18.1 Å². The fourth-order valence-corrected chi connectivity index (χ4v) is 3.87. The topological polar surface area (TPSA) is 77.0 Å². The Hall–Kier alpha value is -2.73. The molecule has 1 atom stereocenters. The molecule has 1 fully saturated rings. The van der Waals surface area contributed by atoms with E-state index >= 15 is 0 Å². The molecule has 0 unspecified atom stereocenters. The van der Waals surface area contributed by atoms with Crippen molar-refractivity contribution in [3.05, 3.63) is 53.6 Å². The van der Waals surface area contributed by atoms with Gasteiger partial charge in [-0.3, -0.25) is 4.79 Å². The summed E-state index contributed by atoms with van der Waals surface area (Å²) in [6.45, 7) is 0.602. The number of benzene rings is 2. The van der Waals surface area contributed by atoms with E-state index in [-0.39, 0.29) is 30.6 Å². The fourth-order valence-electron chi connectivity index (χ4n) is 3.87. The van der Waals surface area contributed by atoms with Crippen molar-refractivity contribution in [1.82, 2.24) is 5.32 Å². The monoisotopic (exact) mass is 383 g/mol. The summed E-state index contributed by atoms with van der Waals surface area (Å²) in [6, 6.07) is 13.2. The molecule has 2 aliphatic rings. The van der Waals surface area contributed by atoms with Crippen LogP contribution in [0.5, 0.6) is 17.2 Å². The minimum absolute atomic E-state index is 0.0970. The molecule has 28 heavy (non-hydrogen) atoms. The van der Waals surface area contributed by atoms with Gasteiger partial charge in [-0.05, 0) is 54.2 Å². The van der Waals surface area contributed by atoms with Crippen molar-refractivity contribution in [3.63, 3.8) is 0 Å². The number of hydrogen-bond donors (Lipinski definition) is 2. The van der Waals surface area contributed by atoms with Gasteiger partial charge in [0.1, 0.15) is 5.75 Å². The van der Waals surface area contributed by atoms with Gasteiger partial charge in [0.25, 0.3) is 5.91 Å².